The molecule has 18 heavy (non-hydrogen) atoms. The lowest BCUT2D eigenvalue weighted by molar-refractivity contribution is 0.0948. The average Bonchev–Trinajstić information content (AvgIpc) is 2.91. The third-order valence-corrected chi connectivity index (χ3v) is 3.23. The zero-order chi connectivity index (χ0) is 12.8. The van der Waals surface area contributed by atoms with Gasteiger partial charge in [0.15, 0.2) is 0 Å². The summed E-state index contributed by atoms with van der Waals surface area (Å²) in [6, 6.07) is 9.09. The van der Waals surface area contributed by atoms with E-state index in [0.29, 0.717) is 11.4 Å². The largest absolute Gasteiger partial charge is 0.468 e. The summed E-state index contributed by atoms with van der Waals surface area (Å²) in [5.74, 6) is 7.10. The molecule has 0 bridgehead atoms. The molecule has 0 aliphatic carbocycles. The Morgan fingerprint density at radius 1 is 1.33 bits per heavy atom. The molecule has 0 saturated carbocycles. The highest BCUT2D eigenvalue weighted by molar-refractivity contribution is 7.97. The molecule has 3 N–H and O–H groups in total. The van der Waals surface area contributed by atoms with Gasteiger partial charge in [-0.3, -0.25) is 10.2 Å². The van der Waals surface area contributed by atoms with Crippen molar-refractivity contribution in [1.29, 1.82) is 0 Å². The van der Waals surface area contributed by atoms with E-state index in [4.69, 9.17) is 10.3 Å². The molecule has 0 aliphatic rings. The van der Waals surface area contributed by atoms with E-state index in [9.17, 15) is 4.79 Å². The van der Waals surface area contributed by atoms with Crippen LogP contribution in [0.15, 0.2) is 41.0 Å². The number of nitrogens with zero attached hydrogens (tertiary/aromatic N) is 1. The highest BCUT2D eigenvalue weighted by Crippen LogP contribution is 2.17. The summed E-state index contributed by atoms with van der Waals surface area (Å²) in [6.45, 7) is 0. The van der Waals surface area contributed by atoms with Crippen LogP contribution in [0.25, 0.3) is 0 Å². The molecule has 0 radical (unpaired) electrons. The van der Waals surface area contributed by atoms with Crippen molar-refractivity contribution in [3.05, 3.63) is 53.7 Å². The molecular formula is C12H13N3O2S. The minimum atomic E-state index is -0.382. The number of thioether (sulfide) groups is 1. The highest BCUT2D eigenvalue weighted by atomic mass is 32.2. The monoisotopic (exact) mass is 263 g/mol. The molecule has 0 atom stereocenters. The number of nitrogen functional groups attached to an aromatic ring is 1. The zero-order valence-electron chi connectivity index (χ0n) is 9.63. The molecule has 0 unspecified atom stereocenters. The molecular weight excluding hydrogens is 250 g/mol. The fraction of sp³-hybridized carbons (Fsp3) is 0.167. The summed E-state index contributed by atoms with van der Waals surface area (Å²) in [5, 5.41) is 0. The SMILES string of the molecule is NNC(=O)c1cccc(CSCc2ccco2)n1. The maximum absolute atomic E-state index is 11.3. The lowest BCUT2D eigenvalue weighted by Gasteiger charge is -2.03. The van der Waals surface area contributed by atoms with Crippen molar-refractivity contribution in [2.75, 3.05) is 0 Å². The number of carbonyl (C=O) groups is 1. The van der Waals surface area contributed by atoms with Gasteiger partial charge in [0.2, 0.25) is 0 Å². The van der Waals surface area contributed by atoms with E-state index in [-0.39, 0.29) is 5.91 Å². The molecule has 2 rings (SSSR count). The summed E-state index contributed by atoms with van der Waals surface area (Å²) in [7, 11) is 0. The van der Waals surface area contributed by atoms with Gasteiger partial charge in [0, 0.05) is 5.75 Å². The number of carbonyl (C=O) groups excluding carboxylic acids is 1. The average molecular weight is 263 g/mol. The van der Waals surface area contributed by atoms with Crippen LogP contribution in [0.1, 0.15) is 21.9 Å². The lowest BCUT2D eigenvalue weighted by atomic mass is 10.3. The van der Waals surface area contributed by atoms with Gasteiger partial charge in [-0.1, -0.05) is 6.07 Å². The van der Waals surface area contributed by atoms with Crippen LogP contribution < -0.4 is 11.3 Å². The first-order valence-corrected chi connectivity index (χ1v) is 6.52. The predicted molar refractivity (Wildman–Crippen MR) is 69.6 cm³/mol. The molecule has 2 heterocycles. The number of furan rings is 1. The van der Waals surface area contributed by atoms with Crippen molar-refractivity contribution < 1.29 is 9.21 Å². The van der Waals surface area contributed by atoms with Crippen molar-refractivity contribution >= 4 is 17.7 Å². The van der Waals surface area contributed by atoms with Crippen LogP contribution in [-0.2, 0) is 11.5 Å². The Labute approximate surface area is 109 Å². The Hall–Kier alpha value is -1.79. The number of amides is 1. The van der Waals surface area contributed by atoms with Gasteiger partial charge in [-0.15, -0.1) is 11.8 Å². The highest BCUT2D eigenvalue weighted by Gasteiger charge is 2.06. The van der Waals surface area contributed by atoms with Gasteiger partial charge in [-0.05, 0) is 24.3 Å². The Morgan fingerprint density at radius 3 is 2.94 bits per heavy atom. The molecule has 2 aromatic heterocycles. The first-order valence-electron chi connectivity index (χ1n) is 5.36. The second-order valence-electron chi connectivity index (χ2n) is 3.56. The number of nitrogens with one attached hydrogen (secondary N) is 1. The Morgan fingerprint density at radius 2 is 2.22 bits per heavy atom. The van der Waals surface area contributed by atoms with Gasteiger partial charge in [0.1, 0.15) is 11.5 Å². The van der Waals surface area contributed by atoms with Gasteiger partial charge in [-0.25, -0.2) is 10.8 Å². The first kappa shape index (κ1) is 12.7. The van der Waals surface area contributed by atoms with E-state index >= 15 is 0 Å². The van der Waals surface area contributed by atoms with Crippen LogP contribution in [0.2, 0.25) is 0 Å². The Balaban J connectivity index is 1.91. The fourth-order valence-electron chi connectivity index (χ4n) is 1.41. The number of hydrazine groups is 1. The van der Waals surface area contributed by atoms with E-state index in [1.165, 1.54) is 0 Å². The standard InChI is InChI=1S/C12H13N3O2S/c13-15-12(16)11-5-1-3-9(14-11)7-18-8-10-4-2-6-17-10/h1-6H,7-8,13H2,(H,15,16). The van der Waals surface area contributed by atoms with E-state index in [0.717, 1.165) is 17.2 Å². The van der Waals surface area contributed by atoms with Gasteiger partial charge in [0.05, 0.1) is 17.7 Å². The first-order chi connectivity index (χ1) is 8.79. The van der Waals surface area contributed by atoms with Crippen LogP contribution in [-0.4, -0.2) is 10.9 Å². The minimum absolute atomic E-state index is 0.327. The number of hydrogen-bond donors (Lipinski definition) is 2. The van der Waals surface area contributed by atoms with Gasteiger partial charge >= 0.3 is 0 Å². The lowest BCUT2D eigenvalue weighted by Crippen LogP contribution is -2.30. The van der Waals surface area contributed by atoms with Crippen molar-refractivity contribution in [3.8, 4) is 0 Å². The van der Waals surface area contributed by atoms with Crippen molar-refractivity contribution in [3.63, 3.8) is 0 Å². The number of rotatable bonds is 5. The summed E-state index contributed by atoms with van der Waals surface area (Å²) in [5.41, 5.74) is 3.23. The molecule has 94 valence electrons. The van der Waals surface area contributed by atoms with Gasteiger partial charge in [0.25, 0.3) is 5.91 Å². The summed E-state index contributed by atoms with van der Waals surface area (Å²) in [6.07, 6.45) is 1.65. The molecule has 2 aromatic rings. The van der Waals surface area contributed by atoms with Crippen LogP contribution in [0, 0.1) is 0 Å². The third-order valence-electron chi connectivity index (χ3n) is 2.24. The van der Waals surface area contributed by atoms with Crippen molar-refractivity contribution in [2.24, 2.45) is 5.84 Å². The van der Waals surface area contributed by atoms with Crippen molar-refractivity contribution in [1.82, 2.24) is 10.4 Å². The molecule has 0 fully saturated rings. The number of hydrogen-bond acceptors (Lipinski definition) is 5. The molecule has 0 aromatic carbocycles. The minimum Gasteiger partial charge on any atom is -0.468 e. The second-order valence-corrected chi connectivity index (χ2v) is 4.55. The van der Waals surface area contributed by atoms with Crippen LogP contribution in [0.3, 0.4) is 0 Å². The maximum Gasteiger partial charge on any atom is 0.283 e. The molecule has 0 saturated heterocycles. The third kappa shape index (κ3) is 3.35. The quantitative estimate of drug-likeness (QED) is 0.487. The van der Waals surface area contributed by atoms with E-state index in [2.05, 4.69) is 10.4 Å². The molecule has 5 nitrogen and oxygen atoms in total. The zero-order valence-corrected chi connectivity index (χ0v) is 10.4. The summed E-state index contributed by atoms with van der Waals surface area (Å²) >= 11 is 1.67. The molecule has 0 aliphatic heterocycles. The Bertz CT molecular complexity index is 514. The van der Waals surface area contributed by atoms with E-state index in [1.54, 1.807) is 30.2 Å². The molecule has 0 spiro atoms. The Kier molecular flexibility index (Phi) is 4.38. The van der Waals surface area contributed by atoms with Crippen molar-refractivity contribution in [2.45, 2.75) is 11.5 Å². The predicted octanol–water partition coefficient (Wildman–Crippen LogP) is 1.71. The smallest absolute Gasteiger partial charge is 0.283 e. The second kappa shape index (κ2) is 6.23. The topological polar surface area (TPSA) is 81.1 Å². The molecule has 6 heteroatoms. The maximum atomic E-state index is 11.3. The van der Waals surface area contributed by atoms with Gasteiger partial charge in [-0.2, -0.15) is 0 Å². The molecule has 1 amide bonds. The van der Waals surface area contributed by atoms with E-state index in [1.807, 2.05) is 18.2 Å². The number of pyridine rings is 1. The number of aromatic nitrogens is 1. The van der Waals surface area contributed by atoms with Gasteiger partial charge < -0.3 is 4.42 Å². The summed E-state index contributed by atoms with van der Waals surface area (Å²) in [4.78, 5) is 15.5. The number of nitrogens with two attached hydrogens (primary N) is 1. The van der Waals surface area contributed by atoms with Crippen LogP contribution >= 0.6 is 11.8 Å². The summed E-state index contributed by atoms with van der Waals surface area (Å²) < 4.78 is 5.23. The fourth-order valence-corrected chi connectivity index (χ4v) is 2.25. The van der Waals surface area contributed by atoms with Crippen LogP contribution in [0.4, 0.5) is 0 Å². The normalized spacial score (nSPS) is 10.3. The van der Waals surface area contributed by atoms with E-state index < -0.39 is 0 Å². The van der Waals surface area contributed by atoms with Crippen LogP contribution in [0.5, 0.6) is 0 Å².